The van der Waals surface area contributed by atoms with Crippen LogP contribution in [0.4, 0.5) is 10.1 Å². The van der Waals surface area contributed by atoms with E-state index in [-0.39, 0.29) is 17.1 Å². The highest BCUT2D eigenvalue weighted by Crippen LogP contribution is 2.18. The van der Waals surface area contributed by atoms with Gasteiger partial charge in [0.15, 0.2) is 5.84 Å². The van der Waals surface area contributed by atoms with E-state index in [1.54, 1.807) is 7.05 Å². The lowest BCUT2D eigenvalue weighted by Crippen LogP contribution is -2.19. The minimum absolute atomic E-state index is 0.0877. The van der Waals surface area contributed by atoms with E-state index >= 15 is 0 Å². The lowest BCUT2D eigenvalue weighted by Gasteiger charge is -2.09. The molecule has 20 heavy (non-hydrogen) atoms. The van der Waals surface area contributed by atoms with Gasteiger partial charge in [-0.05, 0) is 18.2 Å². The monoisotopic (exact) mass is 277 g/mol. The quantitative estimate of drug-likeness (QED) is 0.335. The van der Waals surface area contributed by atoms with Crippen LogP contribution in [0.1, 0.15) is 15.9 Å². The van der Waals surface area contributed by atoms with E-state index in [1.165, 1.54) is 23.1 Å². The molecule has 0 radical (unpaired) electrons. The molecule has 0 atom stereocenters. The largest absolute Gasteiger partial charge is 0.409 e. The van der Waals surface area contributed by atoms with Crippen molar-refractivity contribution in [3.63, 3.8) is 0 Å². The van der Waals surface area contributed by atoms with Crippen molar-refractivity contribution in [2.75, 3.05) is 5.32 Å². The summed E-state index contributed by atoms with van der Waals surface area (Å²) in [6.07, 6.45) is 2.92. The van der Waals surface area contributed by atoms with Crippen LogP contribution in [0.15, 0.2) is 35.7 Å². The molecule has 7 nitrogen and oxygen atoms in total. The molecule has 0 aliphatic carbocycles. The third-order valence-electron chi connectivity index (χ3n) is 2.58. The molecule has 0 fully saturated rings. The molecule has 104 valence electrons. The Hall–Kier alpha value is -2.90. The van der Waals surface area contributed by atoms with Crippen LogP contribution < -0.4 is 11.1 Å². The number of hydrogen-bond acceptors (Lipinski definition) is 4. The highest BCUT2D eigenvalue weighted by Gasteiger charge is 2.13. The van der Waals surface area contributed by atoms with Crippen molar-refractivity contribution < 1.29 is 14.4 Å². The van der Waals surface area contributed by atoms with Crippen LogP contribution in [-0.2, 0) is 7.05 Å². The Balaban J connectivity index is 2.32. The smallest absolute Gasteiger partial charge is 0.258 e. The molecule has 1 aromatic heterocycles. The Bertz CT molecular complexity index is 680. The van der Waals surface area contributed by atoms with Crippen LogP contribution in [0.3, 0.4) is 0 Å². The average molecular weight is 277 g/mol. The van der Waals surface area contributed by atoms with Gasteiger partial charge >= 0.3 is 0 Å². The second-order valence-corrected chi connectivity index (χ2v) is 4.03. The van der Waals surface area contributed by atoms with E-state index in [0.717, 1.165) is 12.1 Å². The summed E-state index contributed by atoms with van der Waals surface area (Å²) >= 11 is 0. The SMILES string of the molecule is Cn1cc(C(=O)Nc2ccc(F)cc2/C(N)=N/O)cn1. The van der Waals surface area contributed by atoms with Crippen LogP contribution in [0.5, 0.6) is 0 Å². The maximum Gasteiger partial charge on any atom is 0.258 e. The zero-order chi connectivity index (χ0) is 14.7. The van der Waals surface area contributed by atoms with Gasteiger partial charge < -0.3 is 16.3 Å². The first kappa shape index (κ1) is 13.5. The second kappa shape index (κ2) is 5.39. The molecule has 8 heteroatoms. The number of nitrogens with one attached hydrogen (secondary N) is 1. The number of nitrogens with two attached hydrogens (primary N) is 1. The third-order valence-corrected chi connectivity index (χ3v) is 2.58. The van der Waals surface area contributed by atoms with Gasteiger partial charge in [-0.25, -0.2) is 4.39 Å². The Labute approximate surface area is 113 Å². The van der Waals surface area contributed by atoms with Crippen molar-refractivity contribution in [3.05, 3.63) is 47.5 Å². The number of amidine groups is 1. The minimum atomic E-state index is -0.564. The Kier molecular flexibility index (Phi) is 3.65. The molecule has 1 aromatic carbocycles. The minimum Gasteiger partial charge on any atom is -0.409 e. The van der Waals surface area contributed by atoms with Gasteiger partial charge in [0.05, 0.1) is 17.4 Å². The average Bonchev–Trinajstić information content (AvgIpc) is 2.86. The number of benzene rings is 1. The molecular weight excluding hydrogens is 265 g/mol. The second-order valence-electron chi connectivity index (χ2n) is 4.03. The van der Waals surface area contributed by atoms with E-state index in [0.29, 0.717) is 5.56 Å². The van der Waals surface area contributed by atoms with E-state index < -0.39 is 11.7 Å². The first-order valence-electron chi connectivity index (χ1n) is 5.58. The van der Waals surface area contributed by atoms with Crippen molar-refractivity contribution in [1.29, 1.82) is 0 Å². The molecule has 2 rings (SSSR count). The Morgan fingerprint density at radius 2 is 2.30 bits per heavy atom. The van der Waals surface area contributed by atoms with Gasteiger partial charge in [0.2, 0.25) is 0 Å². The summed E-state index contributed by atoms with van der Waals surface area (Å²) in [5.41, 5.74) is 6.10. The van der Waals surface area contributed by atoms with Crippen molar-refractivity contribution in [2.24, 2.45) is 17.9 Å². The number of oxime groups is 1. The maximum absolute atomic E-state index is 13.2. The van der Waals surface area contributed by atoms with Crippen LogP contribution in [0.25, 0.3) is 0 Å². The molecule has 4 N–H and O–H groups in total. The summed E-state index contributed by atoms with van der Waals surface area (Å²) in [5, 5.41) is 17.9. The molecule has 2 aromatic rings. The molecule has 0 aliphatic heterocycles. The van der Waals surface area contributed by atoms with E-state index in [4.69, 9.17) is 10.9 Å². The zero-order valence-corrected chi connectivity index (χ0v) is 10.5. The summed E-state index contributed by atoms with van der Waals surface area (Å²) in [6, 6.07) is 3.55. The van der Waals surface area contributed by atoms with Crippen LogP contribution >= 0.6 is 0 Å². The number of rotatable bonds is 3. The molecule has 1 amide bonds. The Morgan fingerprint density at radius 1 is 1.55 bits per heavy atom. The number of aryl methyl sites for hydroxylation is 1. The maximum atomic E-state index is 13.2. The van der Waals surface area contributed by atoms with Crippen LogP contribution in [-0.4, -0.2) is 26.7 Å². The molecule has 0 saturated heterocycles. The highest BCUT2D eigenvalue weighted by molar-refractivity contribution is 6.09. The summed E-state index contributed by atoms with van der Waals surface area (Å²) in [5.74, 6) is -1.30. The third kappa shape index (κ3) is 2.74. The predicted octanol–water partition coefficient (Wildman–Crippen LogP) is 0.906. The van der Waals surface area contributed by atoms with Crippen molar-refractivity contribution in [2.45, 2.75) is 0 Å². The van der Waals surface area contributed by atoms with E-state index in [9.17, 15) is 9.18 Å². The van der Waals surface area contributed by atoms with Crippen molar-refractivity contribution in [3.8, 4) is 0 Å². The zero-order valence-electron chi connectivity index (χ0n) is 10.5. The molecule has 0 saturated carbocycles. The van der Waals surface area contributed by atoms with E-state index in [2.05, 4.69) is 15.6 Å². The number of carbonyl (C=O) groups is 1. The lowest BCUT2D eigenvalue weighted by atomic mass is 10.1. The summed E-state index contributed by atoms with van der Waals surface area (Å²) in [4.78, 5) is 12.0. The molecular formula is C12H12FN5O2. The Morgan fingerprint density at radius 3 is 2.90 bits per heavy atom. The molecule has 0 bridgehead atoms. The number of nitrogens with zero attached hydrogens (tertiary/aromatic N) is 3. The molecule has 0 aliphatic rings. The fraction of sp³-hybridized carbons (Fsp3) is 0.0833. The van der Waals surface area contributed by atoms with Gasteiger partial charge in [0.1, 0.15) is 5.82 Å². The normalized spacial score (nSPS) is 11.4. The number of hydrogen-bond donors (Lipinski definition) is 3. The number of aromatic nitrogens is 2. The number of amides is 1. The van der Waals surface area contributed by atoms with Gasteiger partial charge in [0.25, 0.3) is 5.91 Å². The number of halogens is 1. The fourth-order valence-electron chi connectivity index (χ4n) is 1.62. The standard InChI is InChI=1S/C12H12FN5O2/c1-18-6-7(5-15-18)12(19)16-10-3-2-8(13)4-9(10)11(14)17-20/h2-6,20H,1H3,(H2,14,17)(H,16,19). The first-order valence-corrected chi connectivity index (χ1v) is 5.58. The first-order chi connectivity index (χ1) is 9.51. The van der Waals surface area contributed by atoms with E-state index in [1.807, 2.05) is 0 Å². The molecule has 0 spiro atoms. The van der Waals surface area contributed by atoms with Crippen molar-refractivity contribution >= 4 is 17.4 Å². The summed E-state index contributed by atoms with van der Waals surface area (Å²) < 4.78 is 14.7. The van der Waals surface area contributed by atoms with Crippen molar-refractivity contribution in [1.82, 2.24) is 9.78 Å². The number of anilines is 1. The summed E-state index contributed by atoms with van der Waals surface area (Å²) in [6.45, 7) is 0. The van der Waals surface area contributed by atoms with Gasteiger partial charge in [-0.1, -0.05) is 5.16 Å². The molecule has 1 heterocycles. The van der Waals surface area contributed by atoms with Gasteiger partial charge in [0, 0.05) is 18.8 Å². The van der Waals surface area contributed by atoms with Gasteiger partial charge in [-0.2, -0.15) is 5.10 Å². The number of carbonyl (C=O) groups excluding carboxylic acids is 1. The molecule has 0 unspecified atom stereocenters. The fourth-order valence-corrected chi connectivity index (χ4v) is 1.62. The van der Waals surface area contributed by atoms with Crippen LogP contribution in [0.2, 0.25) is 0 Å². The lowest BCUT2D eigenvalue weighted by molar-refractivity contribution is 0.102. The predicted molar refractivity (Wildman–Crippen MR) is 70.1 cm³/mol. The summed E-state index contributed by atoms with van der Waals surface area (Å²) in [7, 11) is 1.68. The van der Waals surface area contributed by atoms with Gasteiger partial charge in [-0.15, -0.1) is 0 Å². The topological polar surface area (TPSA) is 106 Å². The van der Waals surface area contributed by atoms with Gasteiger partial charge in [-0.3, -0.25) is 9.48 Å². The highest BCUT2D eigenvalue weighted by atomic mass is 19.1. The van der Waals surface area contributed by atoms with Crippen LogP contribution in [0, 0.1) is 5.82 Å².